The molecule has 0 fully saturated rings. The van der Waals surface area contributed by atoms with Gasteiger partial charge in [-0.2, -0.15) is 5.10 Å². The van der Waals surface area contributed by atoms with Gasteiger partial charge in [-0.1, -0.05) is 0 Å². The summed E-state index contributed by atoms with van der Waals surface area (Å²) in [7, 11) is 0. The summed E-state index contributed by atoms with van der Waals surface area (Å²) in [4.78, 5) is 8.88. The van der Waals surface area contributed by atoms with Gasteiger partial charge in [0.05, 0.1) is 17.7 Å². The summed E-state index contributed by atoms with van der Waals surface area (Å²) in [6.07, 6.45) is 1.38. The number of fused-ring (bicyclic) bond motifs is 1. The lowest BCUT2D eigenvalue weighted by atomic mass is 10.2. The molecule has 0 bridgehead atoms. The van der Waals surface area contributed by atoms with Crippen molar-refractivity contribution in [2.45, 2.75) is 6.61 Å². The number of anilines is 1. The van der Waals surface area contributed by atoms with Crippen molar-refractivity contribution in [3.63, 3.8) is 0 Å². The Bertz CT molecular complexity index is 674. The van der Waals surface area contributed by atoms with Crippen molar-refractivity contribution in [2.75, 3.05) is 5.73 Å². The Labute approximate surface area is 100 Å². The molecule has 3 heterocycles. The number of aliphatic hydroxyl groups excluding tert-OH is 1. The first-order chi connectivity index (χ1) is 8.29. The molecule has 6 nitrogen and oxygen atoms in total. The van der Waals surface area contributed by atoms with Crippen LogP contribution in [0.2, 0.25) is 0 Å². The van der Waals surface area contributed by atoms with Gasteiger partial charge >= 0.3 is 0 Å². The second-order valence-electron chi connectivity index (χ2n) is 3.52. The Kier molecular flexibility index (Phi) is 2.27. The van der Waals surface area contributed by atoms with Crippen molar-refractivity contribution in [3.05, 3.63) is 22.7 Å². The van der Waals surface area contributed by atoms with E-state index < -0.39 is 0 Å². The van der Waals surface area contributed by atoms with Gasteiger partial charge < -0.3 is 10.8 Å². The first kappa shape index (κ1) is 10.2. The number of hydrogen-bond acceptors (Lipinski definition) is 6. The molecule has 7 heteroatoms. The lowest BCUT2D eigenvalue weighted by Gasteiger charge is -1.96. The van der Waals surface area contributed by atoms with E-state index in [1.807, 2.05) is 11.4 Å². The largest absolute Gasteiger partial charge is 0.391 e. The third-order valence-corrected chi connectivity index (χ3v) is 3.40. The third-order valence-electron chi connectivity index (χ3n) is 2.48. The number of thiophene rings is 1. The van der Waals surface area contributed by atoms with Crippen molar-refractivity contribution < 1.29 is 5.11 Å². The van der Waals surface area contributed by atoms with Crippen molar-refractivity contribution in [2.24, 2.45) is 0 Å². The molecule has 0 aliphatic carbocycles. The number of rotatable bonds is 2. The lowest BCUT2D eigenvalue weighted by molar-refractivity contribution is 0.285. The molecular weight excluding hydrogens is 238 g/mol. The zero-order valence-electron chi connectivity index (χ0n) is 8.71. The topological polar surface area (TPSA) is 101 Å². The molecular formula is C10H9N5OS. The summed E-state index contributed by atoms with van der Waals surface area (Å²) in [6.45, 7) is 0.0305. The molecule has 0 amide bonds. The van der Waals surface area contributed by atoms with E-state index in [9.17, 15) is 0 Å². The number of nitrogens with zero attached hydrogens (tertiary/aromatic N) is 3. The lowest BCUT2D eigenvalue weighted by Crippen LogP contribution is -1.92. The fourth-order valence-electron chi connectivity index (χ4n) is 1.68. The molecule has 0 aliphatic rings. The summed E-state index contributed by atoms with van der Waals surface area (Å²) in [5.74, 6) is 0.399. The Morgan fingerprint density at radius 2 is 2.29 bits per heavy atom. The van der Waals surface area contributed by atoms with Crippen LogP contribution in [0.1, 0.15) is 4.88 Å². The second kappa shape index (κ2) is 3.79. The predicted molar refractivity (Wildman–Crippen MR) is 65.3 cm³/mol. The average molecular weight is 247 g/mol. The maximum Gasteiger partial charge on any atom is 0.186 e. The molecule has 0 aromatic carbocycles. The first-order valence-corrected chi connectivity index (χ1v) is 5.80. The molecule has 0 atom stereocenters. The van der Waals surface area contributed by atoms with Crippen molar-refractivity contribution >= 4 is 28.2 Å². The maximum absolute atomic E-state index is 9.05. The quantitative estimate of drug-likeness (QED) is 0.630. The van der Waals surface area contributed by atoms with Crippen LogP contribution < -0.4 is 5.73 Å². The predicted octanol–water partition coefficient (Wildman–Crippen LogP) is 1.16. The number of aliphatic hydroxyl groups is 1. The van der Waals surface area contributed by atoms with Crippen molar-refractivity contribution in [3.8, 4) is 11.3 Å². The minimum Gasteiger partial charge on any atom is -0.391 e. The van der Waals surface area contributed by atoms with Crippen LogP contribution in [-0.2, 0) is 6.61 Å². The monoisotopic (exact) mass is 247 g/mol. The van der Waals surface area contributed by atoms with Crippen molar-refractivity contribution in [1.82, 2.24) is 20.2 Å². The number of nitrogens with one attached hydrogen (secondary N) is 1. The highest BCUT2D eigenvalue weighted by atomic mass is 32.1. The first-order valence-electron chi connectivity index (χ1n) is 4.93. The summed E-state index contributed by atoms with van der Waals surface area (Å²) in [5.41, 5.74) is 8.09. The van der Waals surface area contributed by atoms with E-state index in [2.05, 4.69) is 20.2 Å². The van der Waals surface area contributed by atoms with Crippen LogP contribution >= 0.6 is 11.3 Å². The van der Waals surface area contributed by atoms with Gasteiger partial charge in [-0.3, -0.25) is 5.10 Å². The molecule has 0 saturated carbocycles. The van der Waals surface area contributed by atoms with Gasteiger partial charge in [0, 0.05) is 15.8 Å². The summed E-state index contributed by atoms with van der Waals surface area (Å²) < 4.78 is 0. The molecule has 0 spiro atoms. The average Bonchev–Trinajstić information content (AvgIpc) is 2.94. The summed E-state index contributed by atoms with van der Waals surface area (Å²) >= 11 is 1.48. The highest BCUT2D eigenvalue weighted by molar-refractivity contribution is 7.10. The molecule has 3 aromatic rings. The van der Waals surface area contributed by atoms with E-state index in [4.69, 9.17) is 10.8 Å². The molecule has 3 aromatic heterocycles. The highest BCUT2D eigenvalue weighted by Crippen LogP contribution is 2.31. The molecule has 3 rings (SSSR count). The molecule has 86 valence electrons. The standard InChI is InChI=1S/C10H9N5OS/c11-9-7-8(5-1-6(2-16)17-3-5)14-15-10(7)13-4-12-9/h1,3-4,16H,2H2,(H3,11,12,13,14,15). The zero-order chi connectivity index (χ0) is 11.8. The number of hydrogen-bond donors (Lipinski definition) is 3. The van der Waals surface area contributed by atoms with Crippen LogP contribution in [0.5, 0.6) is 0 Å². The number of aromatic amines is 1. The van der Waals surface area contributed by atoms with E-state index in [1.165, 1.54) is 17.7 Å². The van der Waals surface area contributed by atoms with Gasteiger partial charge in [0.15, 0.2) is 5.65 Å². The van der Waals surface area contributed by atoms with E-state index in [-0.39, 0.29) is 6.61 Å². The normalized spacial score (nSPS) is 11.1. The number of aromatic nitrogens is 4. The van der Waals surface area contributed by atoms with Gasteiger partial charge in [0.2, 0.25) is 0 Å². The van der Waals surface area contributed by atoms with Gasteiger partial charge in [0.1, 0.15) is 12.1 Å². The van der Waals surface area contributed by atoms with Crippen LogP contribution in [-0.4, -0.2) is 25.3 Å². The minimum absolute atomic E-state index is 0.0305. The second-order valence-corrected chi connectivity index (χ2v) is 4.51. The van der Waals surface area contributed by atoms with Crippen molar-refractivity contribution in [1.29, 1.82) is 0 Å². The molecule has 0 unspecified atom stereocenters. The Morgan fingerprint density at radius 1 is 1.41 bits per heavy atom. The molecule has 17 heavy (non-hydrogen) atoms. The Morgan fingerprint density at radius 3 is 3.06 bits per heavy atom. The zero-order valence-corrected chi connectivity index (χ0v) is 9.53. The molecule has 4 N–H and O–H groups in total. The number of nitrogen functional groups attached to an aromatic ring is 1. The molecule has 0 saturated heterocycles. The van der Waals surface area contributed by atoms with Crippen LogP contribution in [0.25, 0.3) is 22.3 Å². The number of H-pyrrole nitrogens is 1. The Hall–Kier alpha value is -1.99. The van der Waals surface area contributed by atoms with Gasteiger partial charge in [0.25, 0.3) is 0 Å². The van der Waals surface area contributed by atoms with E-state index in [1.54, 1.807) is 0 Å². The van der Waals surface area contributed by atoms with E-state index in [0.717, 1.165) is 21.5 Å². The van der Waals surface area contributed by atoms with Crippen LogP contribution in [0, 0.1) is 0 Å². The Balaban J connectivity index is 2.23. The smallest absolute Gasteiger partial charge is 0.186 e. The minimum atomic E-state index is 0.0305. The third kappa shape index (κ3) is 1.56. The number of nitrogens with two attached hydrogens (primary N) is 1. The van der Waals surface area contributed by atoms with Gasteiger partial charge in [-0.15, -0.1) is 11.3 Å². The highest BCUT2D eigenvalue weighted by Gasteiger charge is 2.13. The SMILES string of the molecule is Nc1ncnc2n[nH]c(-c3csc(CO)c3)c12. The van der Waals surface area contributed by atoms with Gasteiger partial charge in [-0.05, 0) is 6.07 Å². The van der Waals surface area contributed by atoms with E-state index in [0.29, 0.717) is 11.5 Å². The summed E-state index contributed by atoms with van der Waals surface area (Å²) in [5, 5.41) is 18.7. The van der Waals surface area contributed by atoms with E-state index >= 15 is 0 Å². The fraction of sp³-hybridized carbons (Fsp3) is 0.100. The maximum atomic E-state index is 9.05. The molecule has 0 aliphatic heterocycles. The van der Waals surface area contributed by atoms with Gasteiger partial charge in [-0.25, -0.2) is 9.97 Å². The summed E-state index contributed by atoms with van der Waals surface area (Å²) in [6, 6.07) is 1.89. The van der Waals surface area contributed by atoms with Crippen LogP contribution in [0.3, 0.4) is 0 Å². The molecule has 0 radical (unpaired) electrons. The van der Waals surface area contributed by atoms with Crippen LogP contribution in [0.4, 0.5) is 5.82 Å². The fourth-order valence-corrected chi connectivity index (χ4v) is 2.42. The van der Waals surface area contributed by atoms with Crippen LogP contribution in [0.15, 0.2) is 17.8 Å².